The summed E-state index contributed by atoms with van der Waals surface area (Å²) in [6.07, 6.45) is 5.22. The van der Waals surface area contributed by atoms with Crippen LogP contribution in [0, 0.1) is 19.8 Å². The summed E-state index contributed by atoms with van der Waals surface area (Å²) in [5, 5.41) is 14.5. The highest BCUT2D eigenvalue weighted by atomic mass is 16.5. The molecule has 0 spiro atoms. The Morgan fingerprint density at radius 3 is 3.00 bits per heavy atom. The standard InChI is InChI=1S/C19H28N4O2/c1-15-5-6-19(16(2)8-15)25-12-18(24)11-22-7-3-4-17(9-22)10-23-14-20-13-21-23/h5-6,8,13-14,17-18,24H,3-4,7,9-12H2,1-2H3/t17-,18-/m1/s1. The average Bonchev–Trinajstić information content (AvgIpc) is 3.07. The Morgan fingerprint density at radius 1 is 1.36 bits per heavy atom. The minimum Gasteiger partial charge on any atom is -0.491 e. The summed E-state index contributed by atoms with van der Waals surface area (Å²) >= 11 is 0. The van der Waals surface area contributed by atoms with Gasteiger partial charge in [0.05, 0.1) is 0 Å². The van der Waals surface area contributed by atoms with E-state index in [1.807, 2.05) is 23.7 Å². The number of likely N-dealkylation sites (tertiary alicyclic amines) is 1. The summed E-state index contributed by atoms with van der Waals surface area (Å²) in [6.45, 7) is 8.00. The molecule has 1 aromatic carbocycles. The lowest BCUT2D eigenvalue weighted by molar-refractivity contribution is 0.0493. The van der Waals surface area contributed by atoms with E-state index in [1.165, 1.54) is 12.0 Å². The van der Waals surface area contributed by atoms with Gasteiger partial charge >= 0.3 is 0 Å². The van der Waals surface area contributed by atoms with Crippen LogP contribution in [0.5, 0.6) is 5.75 Å². The van der Waals surface area contributed by atoms with Crippen molar-refractivity contribution in [2.75, 3.05) is 26.2 Å². The van der Waals surface area contributed by atoms with Crippen LogP contribution in [0.25, 0.3) is 0 Å². The van der Waals surface area contributed by atoms with Crippen LogP contribution in [0.4, 0.5) is 0 Å². The number of benzene rings is 1. The number of hydrogen-bond donors (Lipinski definition) is 1. The Kier molecular flexibility index (Phi) is 6.04. The van der Waals surface area contributed by atoms with Gasteiger partial charge in [-0.15, -0.1) is 0 Å². The number of ether oxygens (including phenoxy) is 1. The van der Waals surface area contributed by atoms with Gasteiger partial charge in [0, 0.05) is 19.6 Å². The fourth-order valence-electron chi connectivity index (χ4n) is 3.56. The first-order valence-corrected chi connectivity index (χ1v) is 9.03. The minimum absolute atomic E-state index is 0.328. The van der Waals surface area contributed by atoms with Gasteiger partial charge in [-0.2, -0.15) is 5.10 Å². The Hall–Kier alpha value is -1.92. The topological polar surface area (TPSA) is 63.4 Å². The lowest BCUT2D eigenvalue weighted by atomic mass is 9.98. The van der Waals surface area contributed by atoms with Crippen molar-refractivity contribution in [2.24, 2.45) is 5.92 Å². The second-order valence-electron chi connectivity index (χ2n) is 7.12. The van der Waals surface area contributed by atoms with E-state index in [0.29, 0.717) is 19.1 Å². The minimum atomic E-state index is -0.481. The molecule has 2 aromatic rings. The van der Waals surface area contributed by atoms with Crippen molar-refractivity contribution in [3.8, 4) is 5.75 Å². The molecule has 1 aromatic heterocycles. The largest absolute Gasteiger partial charge is 0.491 e. The Bertz CT molecular complexity index is 659. The molecule has 1 fully saturated rings. The summed E-state index contributed by atoms with van der Waals surface area (Å²) in [5.41, 5.74) is 2.33. The van der Waals surface area contributed by atoms with Crippen LogP contribution in [0.2, 0.25) is 0 Å². The van der Waals surface area contributed by atoms with Gasteiger partial charge in [0.25, 0.3) is 0 Å². The third-order valence-electron chi connectivity index (χ3n) is 4.75. The quantitative estimate of drug-likeness (QED) is 0.833. The van der Waals surface area contributed by atoms with E-state index in [1.54, 1.807) is 12.7 Å². The molecule has 2 heterocycles. The number of nitrogens with zero attached hydrogens (tertiary/aromatic N) is 4. The van der Waals surface area contributed by atoms with Gasteiger partial charge in [0.15, 0.2) is 0 Å². The molecule has 2 atom stereocenters. The number of rotatable bonds is 7. The van der Waals surface area contributed by atoms with E-state index in [9.17, 15) is 5.11 Å². The van der Waals surface area contributed by atoms with Crippen molar-refractivity contribution < 1.29 is 9.84 Å². The zero-order chi connectivity index (χ0) is 17.6. The highest BCUT2D eigenvalue weighted by Gasteiger charge is 2.22. The molecule has 136 valence electrons. The zero-order valence-corrected chi connectivity index (χ0v) is 15.1. The lowest BCUT2D eigenvalue weighted by Crippen LogP contribution is -2.42. The third kappa shape index (κ3) is 5.28. The molecule has 0 aliphatic carbocycles. The van der Waals surface area contributed by atoms with Crippen LogP contribution in [-0.2, 0) is 6.54 Å². The maximum absolute atomic E-state index is 10.4. The molecule has 1 aliphatic heterocycles. The smallest absolute Gasteiger partial charge is 0.137 e. The van der Waals surface area contributed by atoms with Crippen LogP contribution >= 0.6 is 0 Å². The highest BCUT2D eigenvalue weighted by Crippen LogP contribution is 2.20. The van der Waals surface area contributed by atoms with Gasteiger partial charge in [-0.25, -0.2) is 4.98 Å². The van der Waals surface area contributed by atoms with Gasteiger partial charge in [0.1, 0.15) is 31.1 Å². The fourth-order valence-corrected chi connectivity index (χ4v) is 3.56. The van der Waals surface area contributed by atoms with Crippen LogP contribution in [-0.4, -0.2) is 57.1 Å². The van der Waals surface area contributed by atoms with E-state index in [2.05, 4.69) is 28.0 Å². The monoisotopic (exact) mass is 344 g/mol. The van der Waals surface area contributed by atoms with E-state index in [4.69, 9.17) is 4.74 Å². The number of aliphatic hydroxyl groups is 1. The normalized spacial score (nSPS) is 19.7. The van der Waals surface area contributed by atoms with E-state index in [0.717, 1.165) is 37.4 Å². The average molecular weight is 344 g/mol. The molecule has 1 aliphatic rings. The predicted molar refractivity (Wildman–Crippen MR) is 96.6 cm³/mol. The first-order chi connectivity index (χ1) is 12.1. The summed E-state index contributed by atoms with van der Waals surface area (Å²) in [6, 6.07) is 6.11. The van der Waals surface area contributed by atoms with Crippen LogP contribution in [0.15, 0.2) is 30.9 Å². The van der Waals surface area contributed by atoms with Crippen molar-refractivity contribution in [3.63, 3.8) is 0 Å². The van der Waals surface area contributed by atoms with E-state index in [-0.39, 0.29) is 0 Å². The molecule has 0 saturated carbocycles. The SMILES string of the molecule is Cc1ccc(OC[C@H](O)CN2CCC[C@@H](Cn3cncn3)C2)c(C)c1. The van der Waals surface area contributed by atoms with Gasteiger partial charge < -0.3 is 14.7 Å². The maximum Gasteiger partial charge on any atom is 0.137 e. The van der Waals surface area contributed by atoms with Crippen molar-refractivity contribution >= 4 is 0 Å². The molecule has 0 unspecified atom stereocenters. The Morgan fingerprint density at radius 2 is 2.24 bits per heavy atom. The Labute approximate surface area is 149 Å². The molecule has 1 saturated heterocycles. The second-order valence-corrected chi connectivity index (χ2v) is 7.12. The number of β-amino-alcohol motifs (C(OH)–C–C–N with tert-alkyl or cyclic N) is 1. The van der Waals surface area contributed by atoms with Crippen molar-refractivity contribution in [1.82, 2.24) is 19.7 Å². The number of hydrogen-bond acceptors (Lipinski definition) is 5. The molecule has 3 rings (SSSR count). The summed E-state index contributed by atoms with van der Waals surface area (Å²) in [5.74, 6) is 1.41. The molecular formula is C19H28N4O2. The first kappa shape index (κ1) is 17.9. The van der Waals surface area contributed by atoms with E-state index < -0.39 is 6.10 Å². The van der Waals surface area contributed by atoms with Crippen LogP contribution < -0.4 is 4.74 Å². The van der Waals surface area contributed by atoms with Crippen LogP contribution in [0.1, 0.15) is 24.0 Å². The summed E-state index contributed by atoms with van der Waals surface area (Å²) < 4.78 is 7.70. The third-order valence-corrected chi connectivity index (χ3v) is 4.75. The zero-order valence-electron chi connectivity index (χ0n) is 15.1. The van der Waals surface area contributed by atoms with Crippen molar-refractivity contribution in [1.29, 1.82) is 0 Å². The summed E-state index contributed by atoms with van der Waals surface area (Å²) in [7, 11) is 0. The van der Waals surface area contributed by atoms with Crippen molar-refractivity contribution in [3.05, 3.63) is 42.0 Å². The molecule has 6 nitrogen and oxygen atoms in total. The predicted octanol–water partition coefficient (Wildman–Crippen LogP) is 2.05. The number of piperidine rings is 1. The van der Waals surface area contributed by atoms with Crippen LogP contribution in [0.3, 0.4) is 0 Å². The molecule has 0 amide bonds. The number of aromatic nitrogens is 3. The maximum atomic E-state index is 10.4. The number of aryl methyl sites for hydroxylation is 2. The second kappa shape index (κ2) is 8.45. The molecule has 6 heteroatoms. The van der Waals surface area contributed by atoms with Gasteiger partial charge in [0.2, 0.25) is 0 Å². The highest BCUT2D eigenvalue weighted by molar-refractivity contribution is 5.35. The van der Waals surface area contributed by atoms with E-state index >= 15 is 0 Å². The molecule has 0 radical (unpaired) electrons. The van der Waals surface area contributed by atoms with Crippen molar-refractivity contribution in [2.45, 2.75) is 39.3 Å². The molecular weight excluding hydrogens is 316 g/mol. The Balaban J connectivity index is 1.44. The summed E-state index contributed by atoms with van der Waals surface area (Å²) in [4.78, 5) is 6.34. The molecule has 0 bridgehead atoms. The first-order valence-electron chi connectivity index (χ1n) is 9.03. The van der Waals surface area contributed by atoms with Gasteiger partial charge in [-0.1, -0.05) is 17.7 Å². The number of aliphatic hydroxyl groups excluding tert-OH is 1. The molecule has 1 N–H and O–H groups in total. The van der Waals surface area contributed by atoms with Gasteiger partial charge in [-0.05, 0) is 50.8 Å². The lowest BCUT2D eigenvalue weighted by Gasteiger charge is -2.33. The fraction of sp³-hybridized carbons (Fsp3) is 0.579. The molecule has 25 heavy (non-hydrogen) atoms. The van der Waals surface area contributed by atoms with Gasteiger partial charge in [-0.3, -0.25) is 4.68 Å².